The van der Waals surface area contributed by atoms with Crippen molar-refractivity contribution in [2.45, 2.75) is 46.1 Å². The molecule has 106 valence electrons. The van der Waals surface area contributed by atoms with Crippen molar-refractivity contribution >= 4 is 0 Å². The number of hydrogen-bond acceptors (Lipinski definition) is 2. The number of aryl methyl sites for hydroxylation is 2. The summed E-state index contributed by atoms with van der Waals surface area (Å²) >= 11 is 0. The van der Waals surface area contributed by atoms with Crippen molar-refractivity contribution in [3.8, 4) is 0 Å². The van der Waals surface area contributed by atoms with Gasteiger partial charge in [0.1, 0.15) is 0 Å². The van der Waals surface area contributed by atoms with E-state index in [4.69, 9.17) is 5.73 Å². The number of benzene rings is 1. The van der Waals surface area contributed by atoms with Crippen LogP contribution in [-0.2, 0) is 0 Å². The molecule has 1 aliphatic rings. The quantitative estimate of drug-likeness (QED) is 0.902. The van der Waals surface area contributed by atoms with Gasteiger partial charge < -0.3 is 10.6 Å². The molecule has 1 aliphatic heterocycles. The van der Waals surface area contributed by atoms with Gasteiger partial charge in [0.15, 0.2) is 0 Å². The van der Waals surface area contributed by atoms with Gasteiger partial charge in [-0.2, -0.15) is 0 Å². The van der Waals surface area contributed by atoms with E-state index in [1.165, 1.54) is 49.0 Å². The van der Waals surface area contributed by atoms with Gasteiger partial charge in [0.25, 0.3) is 0 Å². The second-order valence-electron chi connectivity index (χ2n) is 6.29. The largest absolute Gasteiger partial charge is 0.323 e. The van der Waals surface area contributed by atoms with E-state index in [9.17, 15) is 0 Å². The SMILES string of the molecule is Cc1ccc(C(N)CN2CCCC(C)CC2)cc1C. The molecule has 2 rings (SSSR count). The molecule has 0 amide bonds. The van der Waals surface area contributed by atoms with Gasteiger partial charge >= 0.3 is 0 Å². The zero-order valence-corrected chi connectivity index (χ0v) is 12.7. The Morgan fingerprint density at radius 3 is 2.74 bits per heavy atom. The van der Waals surface area contributed by atoms with Crippen LogP contribution in [0.15, 0.2) is 18.2 Å². The van der Waals surface area contributed by atoms with Gasteiger partial charge in [-0.05, 0) is 68.8 Å². The molecule has 2 N–H and O–H groups in total. The van der Waals surface area contributed by atoms with Crippen LogP contribution < -0.4 is 5.73 Å². The highest BCUT2D eigenvalue weighted by molar-refractivity contribution is 5.31. The standard InChI is InChI=1S/C17H28N2/c1-13-5-4-9-19(10-8-13)12-17(18)16-7-6-14(2)15(3)11-16/h6-7,11,13,17H,4-5,8-10,12,18H2,1-3H3. The van der Waals surface area contributed by atoms with Crippen molar-refractivity contribution in [3.05, 3.63) is 34.9 Å². The van der Waals surface area contributed by atoms with E-state index in [2.05, 4.69) is 43.9 Å². The maximum absolute atomic E-state index is 6.39. The Morgan fingerprint density at radius 1 is 1.21 bits per heavy atom. The van der Waals surface area contributed by atoms with Gasteiger partial charge in [0.2, 0.25) is 0 Å². The Morgan fingerprint density at radius 2 is 2.00 bits per heavy atom. The number of likely N-dealkylation sites (tertiary alicyclic amines) is 1. The third kappa shape index (κ3) is 4.05. The highest BCUT2D eigenvalue weighted by Crippen LogP contribution is 2.20. The summed E-state index contributed by atoms with van der Waals surface area (Å²) in [6.07, 6.45) is 4.01. The molecule has 0 bridgehead atoms. The van der Waals surface area contributed by atoms with Crippen LogP contribution in [0, 0.1) is 19.8 Å². The lowest BCUT2D eigenvalue weighted by molar-refractivity contribution is 0.265. The first kappa shape index (κ1) is 14.5. The number of rotatable bonds is 3. The predicted octanol–water partition coefficient (Wildman–Crippen LogP) is 3.43. The van der Waals surface area contributed by atoms with Crippen LogP contribution in [0.5, 0.6) is 0 Å². The fourth-order valence-electron chi connectivity index (χ4n) is 2.88. The Balaban J connectivity index is 1.96. The Hall–Kier alpha value is -0.860. The smallest absolute Gasteiger partial charge is 0.0424 e. The highest BCUT2D eigenvalue weighted by atomic mass is 15.1. The van der Waals surface area contributed by atoms with Crippen molar-refractivity contribution in [3.63, 3.8) is 0 Å². The van der Waals surface area contributed by atoms with Crippen LogP contribution in [0.4, 0.5) is 0 Å². The minimum Gasteiger partial charge on any atom is -0.323 e. The molecule has 1 saturated heterocycles. The maximum Gasteiger partial charge on any atom is 0.0424 e. The molecule has 0 spiro atoms. The van der Waals surface area contributed by atoms with Crippen LogP contribution in [0.25, 0.3) is 0 Å². The number of nitrogens with two attached hydrogens (primary N) is 1. The molecule has 2 heteroatoms. The van der Waals surface area contributed by atoms with Crippen molar-refractivity contribution in [1.82, 2.24) is 4.90 Å². The lowest BCUT2D eigenvalue weighted by atomic mass is 10.0. The second kappa shape index (κ2) is 6.53. The lowest BCUT2D eigenvalue weighted by Gasteiger charge is -2.24. The molecule has 1 fully saturated rings. The van der Waals surface area contributed by atoms with E-state index in [1.54, 1.807) is 0 Å². The van der Waals surface area contributed by atoms with Crippen molar-refractivity contribution in [1.29, 1.82) is 0 Å². The summed E-state index contributed by atoms with van der Waals surface area (Å²) in [5.41, 5.74) is 10.4. The van der Waals surface area contributed by atoms with E-state index >= 15 is 0 Å². The summed E-state index contributed by atoms with van der Waals surface area (Å²) < 4.78 is 0. The summed E-state index contributed by atoms with van der Waals surface area (Å²) in [5.74, 6) is 0.878. The molecule has 19 heavy (non-hydrogen) atoms. The molecule has 2 nitrogen and oxygen atoms in total. The predicted molar refractivity (Wildman–Crippen MR) is 82.3 cm³/mol. The fourth-order valence-corrected chi connectivity index (χ4v) is 2.88. The molecular weight excluding hydrogens is 232 g/mol. The van der Waals surface area contributed by atoms with Crippen LogP contribution in [0.3, 0.4) is 0 Å². The molecule has 1 aromatic carbocycles. The average Bonchev–Trinajstić information content (AvgIpc) is 2.58. The van der Waals surface area contributed by atoms with Crippen LogP contribution in [0.2, 0.25) is 0 Å². The Labute approximate surface area is 118 Å². The lowest BCUT2D eigenvalue weighted by Crippen LogP contribution is -2.33. The van der Waals surface area contributed by atoms with Gasteiger partial charge in [-0.3, -0.25) is 0 Å². The molecule has 0 aliphatic carbocycles. The molecule has 2 atom stereocenters. The maximum atomic E-state index is 6.39. The van der Waals surface area contributed by atoms with Gasteiger partial charge in [-0.1, -0.05) is 25.1 Å². The molecule has 0 aromatic heterocycles. The number of hydrogen-bond donors (Lipinski definition) is 1. The molecular formula is C17H28N2. The molecule has 0 saturated carbocycles. The van der Waals surface area contributed by atoms with Crippen molar-refractivity contribution in [2.24, 2.45) is 11.7 Å². The summed E-state index contributed by atoms with van der Waals surface area (Å²) in [6.45, 7) is 10.1. The summed E-state index contributed by atoms with van der Waals surface area (Å²) in [6, 6.07) is 6.77. The normalized spacial score (nSPS) is 23.1. The van der Waals surface area contributed by atoms with Gasteiger partial charge in [-0.15, -0.1) is 0 Å². The Bertz CT molecular complexity index is 414. The first-order valence-electron chi connectivity index (χ1n) is 7.61. The van der Waals surface area contributed by atoms with E-state index in [0.29, 0.717) is 0 Å². The van der Waals surface area contributed by atoms with Gasteiger partial charge in [0, 0.05) is 12.6 Å². The molecule has 1 heterocycles. The summed E-state index contributed by atoms with van der Waals surface area (Å²) in [7, 11) is 0. The molecule has 1 aromatic rings. The van der Waals surface area contributed by atoms with E-state index < -0.39 is 0 Å². The summed E-state index contributed by atoms with van der Waals surface area (Å²) in [4.78, 5) is 2.54. The minimum atomic E-state index is 0.146. The van der Waals surface area contributed by atoms with Gasteiger partial charge in [0.05, 0.1) is 0 Å². The van der Waals surface area contributed by atoms with E-state index in [0.717, 1.165) is 12.5 Å². The summed E-state index contributed by atoms with van der Waals surface area (Å²) in [5, 5.41) is 0. The Kier molecular flexibility index (Phi) is 5.00. The fraction of sp³-hybridized carbons (Fsp3) is 0.647. The van der Waals surface area contributed by atoms with Crippen molar-refractivity contribution in [2.75, 3.05) is 19.6 Å². The van der Waals surface area contributed by atoms with Crippen molar-refractivity contribution < 1.29 is 0 Å². The van der Waals surface area contributed by atoms with E-state index in [-0.39, 0.29) is 6.04 Å². The second-order valence-corrected chi connectivity index (χ2v) is 6.29. The zero-order valence-electron chi connectivity index (χ0n) is 12.7. The monoisotopic (exact) mass is 260 g/mol. The van der Waals surface area contributed by atoms with Gasteiger partial charge in [-0.25, -0.2) is 0 Å². The van der Waals surface area contributed by atoms with Crippen LogP contribution >= 0.6 is 0 Å². The first-order chi connectivity index (χ1) is 9.06. The molecule has 0 radical (unpaired) electrons. The molecule has 2 unspecified atom stereocenters. The van der Waals surface area contributed by atoms with Crippen LogP contribution in [0.1, 0.15) is 48.9 Å². The third-order valence-corrected chi connectivity index (χ3v) is 4.52. The highest BCUT2D eigenvalue weighted by Gasteiger charge is 2.17. The van der Waals surface area contributed by atoms with E-state index in [1.807, 2.05) is 0 Å². The van der Waals surface area contributed by atoms with Crippen LogP contribution in [-0.4, -0.2) is 24.5 Å². The zero-order chi connectivity index (χ0) is 13.8. The average molecular weight is 260 g/mol. The first-order valence-corrected chi connectivity index (χ1v) is 7.61. The topological polar surface area (TPSA) is 29.3 Å². The number of nitrogens with zero attached hydrogens (tertiary/aromatic N) is 1. The minimum absolute atomic E-state index is 0.146. The third-order valence-electron chi connectivity index (χ3n) is 4.52.